The van der Waals surface area contributed by atoms with E-state index in [-0.39, 0.29) is 17.1 Å². The van der Waals surface area contributed by atoms with Crippen LogP contribution in [0.3, 0.4) is 0 Å². The fourth-order valence-corrected chi connectivity index (χ4v) is 3.71. The van der Waals surface area contributed by atoms with Gasteiger partial charge in [0.2, 0.25) is 5.91 Å². The van der Waals surface area contributed by atoms with Gasteiger partial charge in [0.25, 0.3) is 5.69 Å². The summed E-state index contributed by atoms with van der Waals surface area (Å²) in [5.41, 5.74) is 0.572. The van der Waals surface area contributed by atoms with Crippen molar-refractivity contribution in [1.82, 2.24) is 9.97 Å². The van der Waals surface area contributed by atoms with Gasteiger partial charge in [-0.1, -0.05) is 30.0 Å². The van der Waals surface area contributed by atoms with Crippen molar-refractivity contribution in [2.24, 2.45) is 0 Å². The van der Waals surface area contributed by atoms with Crippen LogP contribution in [0.1, 0.15) is 0 Å². The number of ether oxygens (including phenoxy) is 1. The molecule has 0 spiro atoms. The Morgan fingerprint density at radius 1 is 1.19 bits per heavy atom. The van der Waals surface area contributed by atoms with Crippen LogP contribution < -0.4 is 10.1 Å². The normalized spacial score (nSPS) is 10.7. The van der Waals surface area contributed by atoms with Crippen LogP contribution in [-0.2, 0) is 4.79 Å². The molecule has 0 saturated carbocycles. The fraction of sp³-hybridized carbons (Fsp3) is 0.0952. The number of nitro groups is 1. The molecular weight excluding hydrogens is 420 g/mol. The molecule has 1 N–H and O–H groups in total. The average molecular weight is 436 g/mol. The molecular formula is C21H16N4O5S. The number of aromatic nitrogens is 2. The number of nitrogens with one attached hydrogen (secondary N) is 1. The summed E-state index contributed by atoms with van der Waals surface area (Å²) >= 11 is 1.21. The highest BCUT2D eigenvalue weighted by atomic mass is 32.2. The minimum atomic E-state index is -0.571. The minimum absolute atomic E-state index is 0.00177. The topological polar surface area (TPSA) is 120 Å². The number of thioether (sulfide) groups is 1. The molecule has 4 aromatic rings. The van der Waals surface area contributed by atoms with E-state index < -0.39 is 10.8 Å². The Kier molecular flexibility index (Phi) is 5.80. The molecule has 9 nitrogen and oxygen atoms in total. The molecule has 0 bridgehead atoms. The Hall–Kier alpha value is -3.92. The molecule has 1 amide bonds. The Labute approximate surface area is 180 Å². The van der Waals surface area contributed by atoms with Crippen molar-refractivity contribution in [2.75, 3.05) is 18.2 Å². The lowest BCUT2D eigenvalue weighted by molar-refractivity contribution is -0.384. The standard InChI is InChI=1S/C21H16N4O5S/c1-29-13-8-9-16(17(11-13)25(27)28)22-19(26)12-31-21-14-5-2-3-6-15(14)23-20(24-21)18-7-4-10-30-18/h2-11H,12H2,1H3,(H,22,26). The zero-order chi connectivity index (χ0) is 21.8. The Morgan fingerprint density at radius 3 is 2.77 bits per heavy atom. The van der Waals surface area contributed by atoms with Crippen molar-refractivity contribution in [1.29, 1.82) is 0 Å². The van der Waals surface area contributed by atoms with Crippen molar-refractivity contribution in [3.05, 3.63) is 71.0 Å². The second-order valence-corrected chi connectivity index (χ2v) is 7.29. The van der Waals surface area contributed by atoms with Crippen LogP contribution in [0.15, 0.2) is 70.3 Å². The fourth-order valence-electron chi connectivity index (χ4n) is 2.89. The number of anilines is 1. The van der Waals surface area contributed by atoms with Crippen LogP contribution in [0.4, 0.5) is 11.4 Å². The molecule has 31 heavy (non-hydrogen) atoms. The van der Waals surface area contributed by atoms with Gasteiger partial charge in [0, 0.05) is 5.39 Å². The van der Waals surface area contributed by atoms with E-state index in [1.165, 1.54) is 37.3 Å². The number of hydrogen-bond acceptors (Lipinski definition) is 8. The third-order valence-corrected chi connectivity index (χ3v) is 5.32. The van der Waals surface area contributed by atoms with Gasteiger partial charge in [-0.2, -0.15) is 0 Å². The lowest BCUT2D eigenvalue weighted by Gasteiger charge is -2.09. The molecule has 0 aliphatic heterocycles. The van der Waals surface area contributed by atoms with Crippen molar-refractivity contribution in [3.63, 3.8) is 0 Å². The third-order valence-electron chi connectivity index (χ3n) is 4.33. The SMILES string of the molecule is COc1ccc(NC(=O)CSc2nc(-c3ccco3)nc3ccccc23)c([N+](=O)[O-])c1. The van der Waals surface area contributed by atoms with Crippen LogP contribution in [-0.4, -0.2) is 33.7 Å². The van der Waals surface area contributed by atoms with Crippen molar-refractivity contribution in [3.8, 4) is 17.3 Å². The number of carbonyl (C=O) groups excluding carboxylic acids is 1. The van der Waals surface area contributed by atoms with Crippen molar-refractivity contribution >= 4 is 39.9 Å². The maximum Gasteiger partial charge on any atom is 0.296 e. The number of benzene rings is 2. The second-order valence-electron chi connectivity index (χ2n) is 6.32. The molecule has 0 aliphatic carbocycles. The Balaban J connectivity index is 1.56. The number of nitrogens with zero attached hydrogens (tertiary/aromatic N) is 3. The quantitative estimate of drug-likeness (QED) is 0.194. The smallest absolute Gasteiger partial charge is 0.296 e. The van der Waals surface area contributed by atoms with E-state index in [4.69, 9.17) is 9.15 Å². The van der Waals surface area contributed by atoms with Gasteiger partial charge in [-0.05, 0) is 30.3 Å². The number of furan rings is 1. The molecule has 0 radical (unpaired) electrons. The van der Waals surface area contributed by atoms with E-state index in [0.29, 0.717) is 22.4 Å². The summed E-state index contributed by atoms with van der Waals surface area (Å²) in [6, 6.07) is 15.2. The molecule has 0 unspecified atom stereocenters. The number of hydrogen-bond donors (Lipinski definition) is 1. The van der Waals surface area contributed by atoms with Gasteiger partial charge >= 0.3 is 0 Å². The van der Waals surface area contributed by atoms with Crippen molar-refractivity contribution < 1.29 is 18.9 Å². The third kappa shape index (κ3) is 4.48. The number of carbonyl (C=O) groups is 1. The number of fused-ring (bicyclic) bond motifs is 1. The first-order valence-corrected chi connectivity index (χ1v) is 10.1. The van der Waals surface area contributed by atoms with E-state index in [2.05, 4.69) is 15.3 Å². The van der Waals surface area contributed by atoms with Crippen LogP contribution in [0, 0.1) is 10.1 Å². The van der Waals surface area contributed by atoms with Crippen LogP contribution in [0.25, 0.3) is 22.5 Å². The molecule has 10 heteroatoms. The maximum atomic E-state index is 12.5. The Bertz CT molecular complexity index is 1260. The molecule has 0 saturated heterocycles. The minimum Gasteiger partial charge on any atom is -0.496 e. The summed E-state index contributed by atoms with van der Waals surface area (Å²) in [4.78, 5) is 32.3. The van der Waals surface area contributed by atoms with Gasteiger partial charge in [-0.3, -0.25) is 14.9 Å². The summed E-state index contributed by atoms with van der Waals surface area (Å²) in [7, 11) is 1.41. The summed E-state index contributed by atoms with van der Waals surface area (Å²) in [6.07, 6.45) is 1.54. The molecule has 0 aliphatic rings. The van der Waals surface area contributed by atoms with E-state index in [1.54, 1.807) is 18.2 Å². The van der Waals surface area contributed by atoms with E-state index in [0.717, 1.165) is 10.9 Å². The van der Waals surface area contributed by atoms with Crippen LogP contribution in [0.5, 0.6) is 5.75 Å². The highest BCUT2D eigenvalue weighted by Crippen LogP contribution is 2.31. The summed E-state index contributed by atoms with van der Waals surface area (Å²) in [6.45, 7) is 0. The first-order chi connectivity index (χ1) is 15.0. The average Bonchev–Trinajstić information content (AvgIpc) is 3.32. The van der Waals surface area contributed by atoms with E-state index >= 15 is 0 Å². The van der Waals surface area contributed by atoms with Gasteiger partial charge in [0.15, 0.2) is 11.6 Å². The van der Waals surface area contributed by atoms with E-state index in [9.17, 15) is 14.9 Å². The van der Waals surface area contributed by atoms with Gasteiger partial charge in [0.1, 0.15) is 16.5 Å². The largest absolute Gasteiger partial charge is 0.496 e. The molecule has 2 heterocycles. The second kappa shape index (κ2) is 8.84. The van der Waals surface area contributed by atoms with E-state index in [1.807, 2.05) is 24.3 Å². The van der Waals surface area contributed by atoms with Crippen LogP contribution in [0.2, 0.25) is 0 Å². The number of nitro benzene ring substituents is 1. The highest BCUT2D eigenvalue weighted by molar-refractivity contribution is 8.00. The molecule has 0 fully saturated rings. The zero-order valence-corrected chi connectivity index (χ0v) is 17.1. The van der Waals surface area contributed by atoms with Crippen LogP contribution >= 0.6 is 11.8 Å². The predicted octanol–water partition coefficient (Wildman–Crippen LogP) is 4.54. The number of amides is 1. The molecule has 156 valence electrons. The first-order valence-electron chi connectivity index (χ1n) is 9.11. The number of methoxy groups -OCH3 is 1. The number of rotatable bonds is 7. The van der Waals surface area contributed by atoms with Gasteiger partial charge in [-0.15, -0.1) is 0 Å². The lowest BCUT2D eigenvalue weighted by Crippen LogP contribution is -2.15. The highest BCUT2D eigenvalue weighted by Gasteiger charge is 2.18. The van der Waals surface area contributed by atoms with Gasteiger partial charge < -0.3 is 14.5 Å². The molecule has 0 atom stereocenters. The summed E-state index contributed by atoms with van der Waals surface area (Å²) in [5.74, 6) is 0.864. The first kappa shape index (κ1) is 20.4. The number of para-hydroxylation sites is 1. The monoisotopic (exact) mass is 436 g/mol. The zero-order valence-electron chi connectivity index (χ0n) is 16.3. The van der Waals surface area contributed by atoms with Gasteiger partial charge in [-0.25, -0.2) is 9.97 Å². The maximum absolute atomic E-state index is 12.5. The summed E-state index contributed by atoms with van der Waals surface area (Å²) < 4.78 is 10.4. The lowest BCUT2D eigenvalue weighted by atomic mass is 10.2. The molecule has 2 aromatic carbocycles. The Morgan fingerprint density at radius 2 is 2.03 bits per heavy atom. The molecule has 4 rings (SSSR count). The van der Waals surface area contributed by atoms with Gasteiger partial charge in [0.05, 0.1) is 35.6 Å². The summed E-state index contributed by atoms with van der Waals surface area (Å²) in [5, 5.41) is 15.3. The van der Waals surface area contributed by atoms with Crippen molar-refractivity contribution in [2.45, 2.75) is 5.03 Å². The molecule has 2 aromatic heterocycles. The predicted molar refractivity (Wildman–Crippen MR) is 116 cm³/mol.